The standard InChI is InChI=1S/C28H38N6/c1-2-7-20-12-19(6-1)13-23(14-20)33-21-8-5-9-22(33)16-24(15-21)34-26-11-4-3-10-25(26)31-28(34)17-27-29-18-30-32-27/h3-4,10-11,18-24H,1-2,5-9,12-17H2,(H,29,30,32)/t19-,20+,21-,22+,23?,24?. The number of hydrogen-bond acceptors (Lipinski definition) is 4. The summed E-state index contributed by atoms with van der Waals surface area (Å²) in [4.78, 5) is 12.6. The molecule has 6 heteroatoms. The highest BCUT2D eigenvalue weighted by Gasteiger charge is 2.45. The number of fused-ring (bicyclic) bond motifs is 5. The fraction of sp³-hybridized carbons (Fsp3) is 0.679. The number of nitrogens with zero attached hydrogens (tertiary/aromatic N) is 5. The summed E-state index contributed by atoms with van der Waals surface area (Å²) < 4.78 is 2.58. The van der Waals surface area contributed by atoms with Crippen LogP contribution in [0.25, 0.3) is 11.0 Å². The number of imidazole rings is 1. The van der Waals surface area contributed by atoms with Crippen LogP contribution in [0.5, 0.6) is 0 Å². The molecule has 7 rings (SSSR count). The van der Waals surface area contributed by atoms with Crippen LogP contribution in [0, 0.1) is 11.8 Å². The molecule has 2 aromatic heterocycles. The van der Waals surface area contributed by atoms with Gasteiger partial charge in [-0.1, -0.05) is 44.2 Å². The summed E-state index contributed by atoms with van der Waals surface area (Å²) in [6.07, 6.45) is 19.4. The number of rotatable bonds is 4. The smallest absolute Gasteiger partial charge is 0.137 e. The number of aromatic nitrogens is 5. The topological polar surface area (TPSA) is 62.6 Å². The second kappa shape index (κ2) is 8.78. The molecule has 2 saturated heterocycles. The highest BCUT2D eigenvalue weighted by Crippen LogP contribution is 2.47. The van der Waals surface area contributed by atoms with Gasteiger partial charge in [-0.3, -0.25) is 10.00 Å². The van der Waals surface area contributed by atoms with E-state index < -0.39 is 0 Å². The van der Waals surface area contributed by atoms with Crippen molar-refractivity contribution < 1.29 is 0 Å². The molecule has 1 aromatic carbocycles. The predicted octanol–water partition coefficient (Wildman–Crippen LogP) is 5.66. The zero-order chi connectivity index (χ0) is 22.5. The Balaban J connectivity index is 1.19. The van der Waals surface area contributed by atoms with Crippen LogP contribution >= 0.6 is 0 Å². The molecule has 180 valence electrons. The molecule has 4 heterocycles. The van der Waals surface area contributed by atoms with Crippen molar-refractivity contribution in [2.45, 2.75) is 108 Å². The summed E-state index contributed by atoms with van der Waals surface area (Å²) in [6.45, 7) is 0. The second-order valence-corrected chi connectivity index (χ2v) is 11.7. The summed E-state index contributed by atoms with van der Waals surface area (Å²) in [5.74, 6) is 4.03. The highest BCUT2D eigenvalue weighted by atomic mass is 15.3. The largest absolute Gasteiger partial charge is 0.324 e. The van der Waals surface area contributed by atoms with Crippen molar-refractivity contribution in [1.82, 2.24) is 29.6 Å². The second-order valence-electron chi connectivity index (χ2n) is 11.7. The number of H-pyrrole nitrogens is 1. The average molecular weight is 459 g/mol. The number of benzene rings is 1. The molecule has 0 amide bonds. The molecule has 2 aliphatic heterocycles. The van der Waals surface area contributed by atoms with E-state index in [9.17, 15) is 0 Å². The van der Waals surface area contributed by atoms with E-state index in [1.807, 2.05) is 0 Å². The van der Waals surface area contributed by atoms with Crippen molar-refractivity contribution in [3.8, 4) is 0 Å². The summed E-state index contributed by atoms with van der Waals surface area (Å²) in [6, 6.07) is 11.5. The lowest BCUT2D eigenvalue weighted by Gasteiger charge is -2.54. The summed E-state index contributed by atoms with van der Waals surface area (Å²) in [5, 5.41) is 7.13. The van der Waals surface area contributed by atoms with Crippen molar-refractivity contribution in [3.63, 3.8) is 0 Å². The molecule has 2 unspecified atom stereocenters. The average Bonchev–Trinajstić information content (AvgIpc) is 3.44. The number of aromatic amines is 1. The number of piperidine rings is 2. The molecule has 4 fully saturated rings. The Bertz CT molecular complexity index is 1090. The molecule has 4 bridgehead atoms. The molecule has 4 aliphatic rings. The van der Waals surface area contributed by atoms with Gasteiger partial charge in [0.1, 0.15) is 18.0 Å². The van der Waals surface area contributed by atoms with Crippen molar-refractivity contribution in [1.29, 1.82) is 0 Å². The minimum absolute atomic E-state index is 0.530. The van der Waals surface area contributed by atoms with Crippen LogP contribution in [-0.2, 0) is 6.42 Å². The van der Waals surface area contributed by atoms with Crippen LogP contribution in [0.2, 0.25) is 0 Å². The maximum absolute atomic E-state index is 5.08. The van der Waals surface area contributed by atoms with Crippen LogP contribution in [0.4, 0.5) is 0 Å². The lowest BCUT2D eigenvalue weighted by molar-refractivity contribution is -0.0419. The van der Waals surface area contributed by atoms with Gasteiger partial charge in [0.05, 0.1) is 17.5 Å². The van der Waals surface area contributed by atoms with Gasteiger partial charge < -0.3 is 4.57 Å². The molecule has 1 N–H and O–H groups in total. The minimum atomic E-state index is 0.530. The Kier molecular flexibility index (Phi) is 5.45. The Hall–Kier alpha value is -2.21. The zero-order valence-corrected chi connectivity index (χ0v) is 20.3. The first-order chi connectivity index (χ1) is 16.8. The summed E-state index contributed by atoms with van der Waals surface area (Å²) in [5.41, 5.74) is 2.40. The fourth-order valence-electron chi connectivity index (χ4n) is 8.40. The van der Waals surface area contributed by atoms with E-state index in [2.05, 4.69) is 48.9 Å². The van der Waals surface area contributed by atoms with Gasteiger partial charge in [-0.15, -0.1) is 0 Å². The third-order valence-corrected chi connectivity index (χ3v) is 9.60. The van der Waals surface area contributed by atoms with Gasteiger partial charge in [0.2, 0.25) is 0 Å². The Morgan fingerprint density at radius 2 is 1.56 bits per heavy atom. The van der Waals surface area contributed by atoms with Gasteiger partial charge in [-0.05, 0) is 68.9 Å². The normalized spacial score (nSPS) is 34.2. The van der Waals surface area contributed by atoms with Gasteiger partial charge >= 0.3 is 0 Å². The SMILES string of the molecule is c1ccc2c(c1)nc(Cc1ncn[nH]1)n2C1C[C@H]2CCC[C@@H](C1)N2C1C[C@H]2CCCC[C@@H](C1)C2. The van der Waals surface area contributed by atoms with Crippen molar-refractivity contribution in [3.05, 3.63) is 42.2 Å². The first kappa shape index (κ1) is 21.1. The Morgan fingerprint density at radius 1 is 0.794 bits per heavy atom. The molecule has 3 aromatic rings. The van der Waals surface area contributed by atoms with Crippen LogP contribution in [0.15, 0.2) is 30.6 Å². The monoisotopic (exact) mass is 458 g/mol. The molecule has 0 radical (unpaired) electrons. The number of para-hydroxylation sites is 2. The van der Waals surface area contributed by atoms with Crippen LogP contribution in [0.3, 0.4) is 0 Å². The summed E-state index contributed by atoms with van der Waals surface area (Å²) >= 11 is 0. The van der Waals surface area contributed by atoms with E-state index >= 15 is 0 Å². The van der Waals surface area contributed by atoms with E-state index in [1.165, 1.54) is 82.6 Å². The van der Waals surface area contributed by atoms with E-state index in [0.29, 0.717) is 6.04 Å². The van der Waals surface area contributed by atoms with Crippen LogP contribution in [-0.4, -0.2) is 47.8 Å². The van der Waals surface area contributed by atoms with E-state index in [1.54, 1.807) is 6.33 Å². The highest BCUT2D eigenvalue weighted by molar-refractivity contribution is 5.76. The number of hydrogen-bond donors (Lipinski definition) is 1. The third kappa shape index (κ3) is 3.78. The molecule has 34 heavy (non-hydrogen) atoms. The lowest BCUT2D eigenvalue weighted by atomic mass is 9.73. The van der Waals surface area contributed by atoms with E-state index in [-0.39, 0.29) is 0 Å². The molecule has 0 spiro atoms. The van der Waals surface area contributed by atoms with Gasteiger partial charge in [0.15, 0.2) is 0 Å². The minimum Gasteiger partial charge on any atom is -0.324 e. The molecule has 6 nitrogen and oxygen atoms in total. The van der Waals surface area contributed by atoms with Crippen molar-refractivity contribution in [2.24, 2.45) is 11.8 Å². The van der Waals surface area contributed by atoms with Crippen molar-refractivity contribution >= 4 is 11.0 Å². The zero-order valence-electron chi connectivity index (χ0n) is 20.3. The maximum atomic E-state index is 5.08. The first-order valence-electron chi connectivity index (χ1n) is 13.9. The third-order valence-electron chi connectivity index (χ3n) is 9.60. The van der Waals surface area contributed by atoms with Gasteiger partial charge in [-0.25, -0.2) is 9.97 Å². The Labute approximate surface area is 202 Å². The Morgan fingerprint density at radius 3 is 2.29 bits per heavy atom. The van der Waals surface area contributed by atoms with E-state index in [4.69, 9.17) is 4.98 Å². The van der Waals surface area contributed by atoms with Gasteiger partial charge in [-0.2, -0.15) is 5.10 Å². The lowest BCUT2D eigenvalue weighted by Crippen LogP contribution is -2.58. The first-order valence-corrected chi connectivity index (χ1v) is 13.9. The quantitative estimate of drug-likeness (QED) is 0.548. The van der Waals surface area contributed by atoms with E-state index in [0.717, 1.165) is 53.5 Å². The molecule has 2 saturated carbocycles. The fourth-order valence-corrected chi connectivity index (χ4v) is 8.40. The molecule has 6 atom stereocenters. The van der Waals surface area contributed by atoms with Crippen LogP contribution < -0.4 is 0 Å². The predicted molar refractivity (Wildman–Crippen MR) is 134 cm³/mol. The molecular formula is C28H38N6. The van der Waals surface area contributed by atoms with Crippen molar-refractivity contribution in [2.75, 3.05) is 0 Å². The maximum Gasteiger partial charge on any atom is 0.137 e. The van der Waals surface area contributed by atoms with Gasteiger partial charge in [0, 0.05) is 24.2 Å². The summed E-state index contributed by atoms with van der Waals surface area (Å²) in [7, 11) is 0. The number of nitrogens with one attached hydrogen (secondary N) is 1. The molecular weight excluding hydrogens is 420 g/mol. The molecule has 2 aliphatic carbocycles. The van der Waals surface area contributed by atoms with Crippen LogP contribution in [0.1, 0.15) is 94.7 Å². The van der Waals surface area contributed by atoms with Gasteiger partial charge in [0.25, 0.3) is 0 Å².